The molecule has 1 heterocycles. The number of carbonyl (C=O) groups is 1. The fraction of sp³-hybridized carbons (Fsp3) is 0.250. The standard InChI is InChI=1S/C12H12N2O4/c1-3-18-12(15)10-7(2)8-5-4-6-9(14(16)17)11(8)13-10/h4-6,13H,3H2,1-2H3. The number of hydrogen-bond acceptors (Lipinski definition) is 4. The number of hydrogen-bond donors (Lipinski definition) is 1. The quantitative estimate of drug-likeness (QED) is 0.514. The molecule has 1 aromatic heterocycles. The molecule has 0 aliphatic rings. The van der Waals surface area contributed by atoms with Crippen molar-refractivity contribution in [2.75, 3.05) is 6.61 Å². The van der Waals surface area contributed by atoms with Crippen LogP contribution in [0, 0.1) is 17.0 Å². The van der Waals surface area contributed by atoms with Gasteiger partial charge in [-0.15, -0.1) is 0 Å². The number of aryl methyl sites for hydroxylation is 1. The lowest BCUT2D eigenvalue weighted by Gasteiger charge is -1.99. The summed E-state index contributed by atoms with van der Waals surface area (Å²) in [4.78, 5) is 24.9. The number of para-hydroxylation sites is 1. The first-order valence-corrected chi connectivity index (χ1v) is 5.49. The number of nitrogens with one attached hydrogen (secondary N) is 1. The lowest BCUT2D eigenvalue weighted by Crippen LogP contribution is -2.06. The monoisotopic (exact) mass is 248 g/mol. The molecular weight excluding hydrogens is 236 g/mol. The number of H-pyrrole nitrogens is 1. The van der Waals surface area contributed by atoms with Crippen LogP contribution in [0.25, 0.3) is 10.9 Å². The Balaban J connectivity index is 2.66. The molecule has 0 amide bonds. The van der Waals surface area contributed by atoms with Crippen molar-refractivity contribution in [2.24, 2.45) is 0 Å². The fourth-order valence-electron chi connectivity index (χ4n) is 1.90. The van der Waals surface area contributed by atoms with E-state index in [1.165, 1.54) is 6.07 Å². The van der Waals surface area contributed by atoms with Gasteiger partial charge in [-0.25, -0.2) is 4.79 Å². The molecule has 0 aliphatic heterocycles. The van der Waals surface area contributed by atoms with Gasteiger partial charge in [0.2, 0.25) is 0 Å². The van der Waals surface area contributed by atoms with Crippen LogP contribution in [0.15, 0.2) is 18.2 Å². The largest absolute Gasteiger partial charge is 0.461 e. The van der Waals surface area contributed by atoms with Crippen LogP contribution >= 0.6 is 0 Å². The summed E-state index contributed by atoms with van der Waals surface area (Å²) in [6, 6.07) is 4.72. The molecule has 0 bridgehead atoms. The van der Waals surface area contributed by atoms with Gasteiger partial charge in [0.1, 0.15) is 11.2 Å². The van der Waals surface area contributed by atoms with Crippen LogP contribution in [0.3, 0.4) is 0 Å². The second-order valence-electron chi connectivity index (χ2n) is 3.80. The van der Waals surface area contributed by atoms with Crippen molar-refractivity contribution in [1.29, 1.82) is 0 Å². The smallest absolute Gasteiger partial charge is 0.355 e. The first-order valence-electron chi connectivity index (χ1n) is 5.49. The van der Waals surface area contributed by atoms with Crippen molar-refractivity contribution in [3.05, 3.63) is 39.6 Å². The van der Waals surface area contributed by atoms with Crippen molar-refractivity contribution >= 4 is 22.6 Å². The average molecular weight is 248 g/mol. The summed E-state index contributed by atoms with van der Waals surface area (Å²) in [5.74, 6) is -0.500. The molecule has 0 spiro atoms. The predicted molar refractivity (Wildman–Crippen MR) is 65.6 cm³/mol. The third-order valence-corrected chi connectivity index (χ3v) is 2.75. The molecule has 0 unspecified atom stereocenters. The van der Waals surface area contributed by atoms with Crippen LogP contribution in [0.2, 0.25) is 0 Å². The Morgan fingerprint density at radius 1 is 1.50 bits per heavy atom. The maximum Gasteiger partial charge on any atom is 0.355 e. The second-order valence-corrected chi connectivity index (χ2v) is 3.80. The minimum atomic E-state index is -0.500. The zero-order chi connectivity index (χ0) is 13.3. The lowest BCUT2D eigenvalue weighted by molar-refractivity contribution is -0.383. The van der Waals surface area contributed by atoms with Crippen molar-refractivity contribution < 1.29 is 14.5 Å². The van der Waals surface area contributed by atoms with Crippen LogP contribution in [0.4, 0.5) is 5.69 Å². The molecule has 2 rings (SSSR count). The molecule has 0 fully saturated rings. The highest BCUT2D eigenvalue weighted by molar-refractivity contribution is 6.00. The zero-order valence-corrected chi connectivity index (χ0v) is 10.0. The minimum Gasteiger partial charge on any atom is -0.461 e. The highest BCUT2D eigenvalue weighted by Gasteiger charge is 2.21. The number of nitro groups is 1. The molecule has 6 heteroatoms. The van der Waals surface area contributed by atoms with E-state index in [2.05, 4.69) is 4.98 Å². The van der Waals surface area contributed by atoms with Crippen LogP contribution in [-0.4, -0.2) is 22.5 Å². The Bertz CT molecular complexity index is 630. The van der Waals surface area contributed by atoms with Gasteiger partial charge in [0.15, 0.2) is 0 Å². The molecule has 0 radical (unpaired) electrons. The summed E-state index contributed by atoms with van der Waals surface area (Å²) < 4.78 is 4.90. The number of aromatic nitrogens is 1. The number of benzene rings is 1. The first kappa shape index (κ1) is 12.1. The van der Waals surface area contributed by atoms with Crippen molar-refractivity contribution in [2.45, 2.75) is 13.8 Å². The molecular formula is C12H12N2O4. The average Bonchev–Trinajstić information content (AvgIpc) is 2.67. The van der Waals surface area contributed by atoms with E-state index in [0.717, 1.165) is 0 Å². The van der Waals surface area contributed by atoms with Crippen molar-refractivity contribution in [1.82, 2.24) is 4.98 Å². The van der Waals surface area contributed by atoms with Crippen LogP contribution < -0.4 is 0 Å². The van der Waals surface area contributed by atoms with Gasteiger partial charge in [-0.2, -0.15) is 0 Å². The van der Waals surface area contributed by atoms with E-state index in [1.807, 2.05) is 0 Å². The van der Waals surface area contributed by atoms with E-state index in [-0.39, 0.29) is 18.0 Å². The van der Waals surface area contributed by atoms with Crippen molar-refractivity contribution in [3.63, 3.8) is 0 Å². The van der Waals surface area contributed by atoms with Crippen LogP contribution in [0.5, 0.6) is 0 Å². The topological polar surface area (TPSA) is 85.2 Å². The van der Waals surface area contributed by atoms with E-state index in [0.29, 0.717) is 16.5 Å². The summed E-state index contributed by atoms with van der Waals surface area (Å²) >= 11 is 0. The molecule has 0 saturated carbocycles. The molecule has 0 atom stereocenters. The third kappa shape index (κ3) is 1.81. The molecule has 1 aromatic carbocycles. The van der Waals surface area contributed by atoms with E-state index in [9.17, 15) is 14.9 Å². The molecule has 18 heavy (non-hydrogen) atoms. The molecule has 6 nitrogen and oxygen atoms in total. The molecule has 2 aromatic rings. The maximum atomic E-state index is 11.7. The number of aromatic amines is 1. The van der Waals surface area contributed by atoms with E-state index in [4.69, 9.17) is 4.74 Å². The Kier molecular flexibility index (Phi) is 3.01. The summed E-state index contributed by atoms with van der Waals surface area (Å²) in [6.07, 6.45) is 0. The summed E-state index contributed by atoms with van der Waals surface area (Å²) in [5.41, 5.74) is 1.22. The number of rotatable bonds is 3. The highest BCUT2D eigenvalue weighted by Crippen LogP contribution is 2.29. The third-order valence-electron chi connectivity index (χ3n) is 2.75. The van der Waals surface area contributed by atoms with Crippen LogP contribution in [-0.2, 0) is 4.74 Å². The van der Waals surface area contributed by atoms with E-state index >= 15 is 0 Å². The Morgan fingerprint density at radius 2 is 2.22 bits per heavy atom. The van der Waals surface area contributed by atoms with E-state index in [1.54, 1.807) is 26.0 Å². The summed E-state index contributed by atoms with van der Waals surface area (Å²) in [6.45, 7) is 3.70. The van der Waals surface area contributed by atoms with Gasteiger partial charge < -0.3 is 9.72 Å². The van der Waals surface area contributed by atoms with Gasteiger partial charge in [0.25, 0.3) is 5.69 Å². The SMILES string of the molecule is CCOC(=O)c1[nH]c2c([N+](=O)[O-])cccc2c1C. The van der Waals surface area contributed by atoms with Gasteiger partial charge >= 0.3 is 5.97 Å². The predicted octanol–water partition coefficient (Wildman–Crippen LogP) is 2.56. The number of nitrogens with zero attached hydrogens (tertiary/aromatic N) is 1. The molecule has 94 valence electrons. The number of non-ortho nitro benzene ring substituents is 1. The second kappa shape index (κ2) is 4.48. The Morgan fingerprint density at radius 3 is 2.83 bits per heavy atom. The van der Waals surface area contributed by atoms with Crippen molar-refractivity contribution in [3.8, 4) is 0 Å². The van der Waals surface area contributed by atoms with Crippen LogP contribution in [0.1, 0.15) is 23.0 Å². The maximum absolute atomic E-state index is 11.7. The Labute approximate surface area is 103 Å². The van der Waals surface area contributed by atoms with Gasteiger partial charge in [-0.1, -0.05) is 12.1 Å². The molecule has 1 N–H and O–H groups in total. The molecule has 0 aliphatic carbocycles. The number of carbonyl (C=O) groups excluding carboxylic acids is 1. The number of nitro benzene ring substituents is 1. The Hall–Kier alpha value is -2.37. The zero-order valence-electron chi connectivity index (χ0n) is 10.0. The summed E-state index contributed by atoms with van der Waals surface area (Å²) in [5, 5.41) is 11.6. The van der Waals surface area contributed by atoms with Gasteiger partial charge in [-0.3, -0.25) is 10.1 Å². The fourth-order valence-corrected chi connectivity index (χ4v) is 1.90. The molecule has 0 saturated heterocycles. The van der Waals surface area contributed by atoms with Gasteiger partial charge in [-0.05, 0) is 19.4 Å². The number of esters is 1. The summed E-state index contributed by atoms with van der Waals surface area (Å²) in [7, 11) is 0. The lowest BCUT2D eigenvalue weighted by atomic mass is 10.1. The van der Waals surface area contributed by atoms with Gasteiger partial charge in [0, 0.05) is 11.5 Å². The number of fused-ring (bicyclic) bond motifs is 1. The van der Waals surface area contributed by atoms with E-state index < -0.39 is 10.9 Å². The van der Waals surface area contributed by atoms with Gasteiger partial charge in [0.05, 0.1) is 11.5 Å². The highest BCUT2D eigenvalue weighted by atomic mass is 16.6. The first-order chi connectivity index (χ1) is 8.56. The normalized spacial score (nSPS) is 10.6. The number of ether oxygens (including phenoxy) is 1. The minimum absolute atomic E-state index is 0.0499.